The molecule has 0 fully saturated rings. The summed E-state index contributed by atoms with van der Waals surface area (Å²) in [6.45, 7) is 4.07. The summed E-state index contributed by atoms with van der Waals surface area (Å²) in [6.07, 6.45) is 7.89. The summed E-state index contributed by atoms with van der Waals surface area (Å²) in [5.74, 6) is 0.0852. The van der Waals surface area contributed by atoms with Gasteiger partial charge in [0.05, 0.1) is 6.10 Å². The zero-order chi connectivity index (χ0) is 10.1. The molecule has 13 heavy (non-hydrogen) atoms. The van der Waals surface area contributed by atoms with Crippen molar-refractivity contribution >= 4 is 6.29 Å². The fourth-order valence-corrected chi connectivity index (χ4v) is 1.22. The number of carbonyl (C=O) groups is 1. The molecule has 2 nitrogen and oxygen atoms in total. The highest BCUT2D eigenvalue weighted by molar-refractivity contribution is 5.64. The number of allylic oxidation sites excluding steroid dienone is 1. The molecule has 76 valence electrons. The number of aliphatic hydroxyl groups is 1. The van der Waals surface area contributed by atoms with Crippen molar-refractivity contribution in [2.24, 2.45) is 5.92 Å². The molecule has 1 N–H and O–H groups in total. The van der Waals surface area contributed by atoms with Gasteiger partial charge in [0, 0.05) is 5.92 Å². The van der Waals surface area contributed by atoms with Crippen LogP contribution < -0.4 is 0 Å². The SMILES string of the molecule is CCCCCC(O)C(C)/C=C/C=O. The lowest BCUT2D eigenvalue weighted by molar-refractivity contribution is -0.104. The number of aldehydes is 1. The summed E-state index contributed by atoms with van der Waals surface area (Å²) in [6, 6.07) is 0. The Morgan fingerprint density at radius 1 is 1.38 bits per heavy atom. The van der Waals surface area contributed by atoms with Gasteiger partial charge in [-0.25, -0.2) is 0 Å². The summed E-state index contributed by atoms with van der Waals surface area (Å²) in [5, 5.41) is 9.60. The number of hydrogen-bond donors (Lipinski definition) is 1. The van der Waals surface area contributed by atoms with Gasteiger partial charge in [0.15, 0.2) is 0 Å². The lowest BCUT2D eigenvalue weighted by Gasteiger charge is -2.14. The molecule has 0 amide bonds. The van der Waals surface area contributed by atoms with Gasteiger partial charge in [-0.2, -0.15) is 0 Å². The van der Waals surface area contributed by atoms with Crippen LogP contribution in [0.3, 0.4) is 0 Å². The monoisotopic (exact) mass is 184 g/mol. The summed E-state index contributed by atoms with van der Waals surface area (Å²) >= 11 is 0. The number of unbranched alkanes of at least 4 members (excludes halogenated alkanes) is 2. The third-order valence-corrected chi connectivity index (χ3v) is 2.20. The molecule has 0 aromatic carbocycles. The second-order valence-electron chi connectivity index (χ2n) is 3.44. The fraction of sp³-hybridized carbons (Fsp3) is 0.727. The molecule has 0 aromatic heterocycles. The zero-order valence-electron chi connectivity index (χ0n) is 8.57. The van der Waals surface area contributed by atoms with Crippen LogP contribution in [0.5, 0.6) is 0 Å². The Hall–Kier alpha value is -0.630. The molecule has 2 atom stereocenters. The third-order valence-electron chi connectivity index (χ3n) is 2.20. The highest BCUT2D eigenvalue weighted by Crippen LogP contribution is 2.12. The van der Waals surface area contributed by atoms with Gasteiger partial charge in [0.25, 0.3) is 0 Å². The van der Waals surface area contributed by atoms with Crippen LogP contribution >= 0.6 is 0 Å². The van der Waals surface area contributed by atoms with E-state index in [9.17, 15) is 9.90 Å². The molecule has 0 aliphatic heterocycles. The molecule has 0 aliphatic carbocycles. The van der Waals surface area contributed by atoms with Gasteiger partial charge >= 0.3 is 0 Å². The topological polar surface area (TPSA) is 37.3 Å². The molecule has 0 rings (SSSR count). The first-order valence-electron chi connectivity index (χ1n) is 5.02. The Balaban J connectivity index is 3.61. The molecule has 0 aromatic rings. The van der Waals surface area contributed by atoms with Crippen molar-refractivity contribution in [1.82, 2.24) is 0 Å². The van der Waals surface area contributed by atoms with Gasteiger partial charge in [-0.1, -0.05) is 39.2 Å². The first-order valence-corrected chi connectivity index (χ1v) is 5.02. The van der Waals surface area contributed by atoms with Gasteiger partial charge in [-0.3, -0.25) is 4.79 Å². The van der Waals surface area contributed by atoms with E-state index in [0.717, 1.165) is 19.1 Å². The largest absolute Gasteiger partial charge is 0.393 e. The van der Waals surface area contributed by atoms with Crippen molar-refractivity contribution in [2.75, 3.05) is 0 Å². The molecular weight excluding hydrogens is 164 g/mol. The van der Waals surface area contributed by atoms with E-state index in [-0.39, 0.29) is 12.0 Å². The van der Waals surface area contributed by atoms with Crippen LogP contribution in [-0.4, -0.2) is 17.5 Å². The Morgan fingerprint density at radius 3 is 2.62 bits per heavy atom. The van der Waals surface area contributed by atoms with Gasteiger partial charge in [-0.15, -0.1) is 0 Å². The molecule has 0 bridgehead atoms. The van der Waals surface area contributed by atoms with Crippen molar-refractivity contribution in [3.05, 3.63) is 12.2 Å². The molecule has 0 radical (unpaired) electrons. The third kappa shape index (κ3) is 6.52. The minimum atomic E-state index is -0.303. The molecule has 2 heteroatoms. The maximum atomic E-state index is 10.0. The molecule has 0 saturated heterocycles. The molecular formula is C11H20O2. The quantitative estimate of drug-likeness (QED) is 0.374. The van der Waals surface area contributed by atoms with Gasteiger partial charge in [0.2, 0.25) is 0 Å². The summed E-state index contributed by atoms with van der Waals surface area (Å²) in [4.78, 5) is 10.0. The van der Waals surface area contributed by atoms with Crippen LogP contribution in [0.1, 0.15) is 39.5 Å². The summed E-state index contributed by atoms with van der Waals surface area (Å²) in [5.41, 5.74) is 0. The van der Waals surface area contributed by atoms with E-state index in [1.165, 1.54) is 18.9 Å². The van der Waals surface area contributed by atoms with E-state index in [2.05, 4.69) is 6.92 Å². The predicted molar refractivity (Wildman–Crippen MR) is 54.5 cm³/mol. The van der Waals surface area contributed by atoms with E-state index in [1.54, 1.807) is 6.08 Å². The minimum Gasteiger partial charge on any atom is -0.393 e. The van der Waals surface area contributed by atoms with Crippen LogP contribution in [0, 0.1) is 5.92 Å². The maximum absolute atomic E-state index is 10.0. The number of rotatable bonds is 7. The Bertz CT molecular complexity index is 152. The van der Waals surface area contributed by atoms with Crippen LogP contribution in [0.4, 0.5) is 0 Å². The van der Waals surface area contributed by atoms with Crippen molar-refractivity contribution in [1.29, 1.82) is 0 Å². The standard InChI is InChI=1S/C11H20O2/c1-3-4-5-8-11(13)10(2)7-6-9-12/h6-7,9-11,13H,3-5,8H2,1-2H3/b7-6+. The van der Waals surface area contributed by atoms with E-state index in [0.29, 0.717) is 0 Å². The van der Waals surface area contributed by atoms with Crippen molar-refractivity contribution in [3.63, 3.8) is 0 Å². The van der Waals surface area contributed by atoms with Crippen LogP contribution in [0.2, 0.25) is 0 Å². The predicted octanol–water partition coefficient (Wildman–Crippen LogP) is 2.32. The smallest absolute Gasteiger partial charge is 0.142 e. The fourth-order valence-electron chi connectivity index (χ4n) is 1.22. The van der Waals surface area contributed by atoms with Gasteiger partial charge in [-0.05, 0) is 12.5 Å². The Morgan fingerprint density at radius 2 is 2.08 bits per heavy atom. The second-order valence-corrected chi connectivity index (χ2v) is 3.44. The summed E-state index contributed by atoms with van der Waals surface area (Å²) in [7, 11) is 0. The van der Waals surface area contributed by atoms with E-state index < -0.39 is 0 Å². The van der Waals surface area contributed by atoms with Gasteiger partial charge < -0.3 is 5.11 Å². The lowest BCUT2D eigenvalue weighted by atomic mass is 9.99. The lowest BCUT2D eigenvalue weighted by Crippen LogP contribution is -2.15. The van der Waals surface area contributed by atoms with E-state index in [1.807, 2.05) is 6.92 Å². The van der Waals surface area contributed by atoms with Crippen molar-refractivity contribution in [3.8, 4) is 0 Å². The molecule has 0 aliphatic rings. The first kappa shape index (κ1) is 12.4. The molecule has 0 saturated carbocycles. The van der Waals surface area contributed by atoms with Gasteiger partial charge in [0.1, 0.15) is 6.29 Å². The highest BCUT2D eigenvalue weighted by atomic mass is 16.3. The van der Waals surface area contributed by atoms with Crippen LogP contribution in [0.25, 0.3) is 0 Å². The van der Waals surface area contributed by atoms with E-state index >= 15 is 0 Å². The van der Waals surface area contributed by atoms with E-state index in [4.69, 9.17) is 0 Å². The normalized spacial score (nSPS) is 15.9. The number of aliphatic hydroxyl groups excluding tert-OH is 1. The minimum absolute atomic E-state index is 0.0852. The highest BCUT2D eigenvalue weighted by Gasteiger charge is 2.09. The average molecular weight is 184 g/mol. The van der Waals surface area contributed by atoms with Crippen molar-refractivity contribution in [2.45, 2.75) is 45.6 Å². The number of carbonyl (C=O) groups excluding carboxylic acids is 1. The van der Waals surface area contributed by atoms with Crippen LogP contribution in [-0.2, 0) is 4.79 Å². The van der Waals surface area contributed by atoms with Crippen molar-refractivity contribution < 1.29 is 9.90 Å². The zero-order valence-corrected chi connectivity index (χ0v) is 8.57. The first-order chi connectivity index (χ1) is 6.22. The Kier molecular flexibility index (Phi) is 7.60. The maximum Gasteiger partial charge on any atom is 0.142 e. The average Bonchev–Trinajstić information content (AvgIpc) is 2.14. The molecule has 0 spiro atoms. The van der Waals surface area contributed by atoms with Crippen LogP contribution in [0.15, 0.2) is 12.2 Å². The molecule has 2 unspecified atom stereocenters. The summed E-state index contributed by atoms with van der Waals surface area (Å²) < 4.78 is 0. The molecule has 0 heterocycles. The Labute approximate surface area is 80.7 Å². The number of hydrogen-bond acceptors (Lipinski definition) is 2. The second kappa shape index (κ2) is 7.99.